The van der Waals surface area contributed by atoms with Crippen LogP contribution in [0.5, 0.6) is 0 Å². The van der Waals surface area contributed by atoms with Crippen molar-refractivity contribution < 1.29 is 52.8 Å². The smallest absolute Gasteiger partial charge is 0.429 e. The van der Waals surface area contributed by atoms with Crippen molar-refractivity contribution in [2.75, 3.05) is 21.2 Å². The predicted molar refractivity (Wildman–Crippen MR) is 198 cm³/mol. The number of rotatable bonds is 9. The number of ether oxygens (including phenoxy) is 5. The van der Waals surface area contributed by atoms with Crippen LogP contribution >= 0.6 is 0 Å². The standard InChI is InChI=1S/C40H61N3O11/c1-12-29-40(8)34(43(38(49)54-40)41-30(44)19-18-27-16-14-13-15-17-27)24(4)31(45)22(2)21-39(7,50-11)35(25(5)32(46)26(6)36(48)52-29)53-37-33(47)28(42(9)10)20-23(3)51-37/h13-17,22-26,28-29,33-35,37,47H,12,18-21H2,1-11H3,(H,41,44)/t22-,23-,24+,25+,26-,28+,29-,33-,34-,35-,37+,39-,40-/m1/s1. The van der Waals surface area contributed by atoms with Crippen LogP contribution in [0.25, 0.3) is 0 Å². The number of hydrogen-bond acceptors (Lipinski definition) is 12. The maximum absolute atomic E-state index is 14.6. The van der Waals surface area contributed by atoms with Gasteiger partial charge >= 0.3 is 12.1 Å². The van der Waals surface area contributed by atoms with Crippen molar-refractivity contribution in [3.8, 4) is 0 Å². The molecular formula is C40H61N3O11. The van der Waals surface area contributed by atoms with Crippen molar-refractivity contribution in [3.05, 3.63) is 35.9 Å². The second kappa shape index (κ2) is 17.6. The Bertz CT molecular complexity index is 1510. The molecule has 2 N–H and O–H groups in total. The summed E-state index contributed by atoms with van der Waals surface area (Å²) in [5.74, 6) is -6.04. The number of ketones is 2. The van der Waals surface area contributed by atoms with E-state index >= 15 is 0 Å². The Morgan fingerprint density at radius 3 is 2.26 bits per heavy atom. The van der Waals surface area contributed by atoms with Gasteiger partial charge in [0.2, 0.25) is 5.91 Å². The highest BCUT2D eigenvalue weighted by atomic mass is 16.7. The van der Waals surface area contributed by atoms with Gasteiger partial charge in [-0.05, 0) is 73.0 Å². The molecule has 0 radical (unpaired) electrons. The second-order valence-corrected chi connectivity index (χ2v) is 16.1. The van der Waals surface area contributed by atoms with Gasteiger partial charge in [0, 0.05) is 37.3 Å². The van der Waals surface area contributed by atoms with E-state index in [-0.39, 0.29) is 37.2 Å². The van der Waals surface area contributed by atoms with Gasteiger partial charge in [-0.3, -0.25) is 24.6 Å². The van der Waals surface area contributed by atoms with E-state index in [0.29, 0.717) is 12.8 Å². The van der Waals surface area contributed by atoms with E-state index in [1.807, 2.05) is 56.3 Å². The Morgan fingerprint density at radius 2 is 1.67 bits per heavy atom. The molecule has 3 saturated heterocycles. The number of aliphatic hydroxyl groups is 1. The molecule has 13 atom stereocenters. The van der Waals surface area contributed by atoms with Crippen molar-refractivity contribution in [1.29, 1.82) is 0 Å². The van der Waals surface area contributed by atoms with E-state index in [4.69, 9.17) is 23.7 Å². The molecular weight excluding hydrogens is 698 g/mol. The molecule has 0 aliphatic carbocycles. The van der Waals surface area contributed by atoms with Gasteiger partial charge in [-0.15, -0.1) is 0 Å². The lowest BCUT2D eigenvalue weighted by molar-refractivity contribution is -0.295. The number of Topliss-reactive ketones (excluding diaryl/α,β-unsaturated/α-hetero) is 2. The summed E-state index contributed by atoms with van der Waals surface area (Å²) in [6.45, 7) is 13.4. The number of cyclic esters (lactones) is 1. The molecule has 14 nitrogen and oxygen atoms in total. The van der Waals surface area contributed by atoms with E-state index in [1.54, 1.807) is 41.5 Å². The summed E-state index contributed by atoms with van der Waals surface area (Å²) in [5.41, 5.74) is 0.712. The fraction of sp³-hybridized carbons (Fsp3) is 0.725. The van der Waals surface area contributed by atoms with Gasteiger partial charge in [0.05, 0.1) is 17.8 Å². The Hall–Kier alpha value is -3.43. The van der Waals surface area contributed by atoms with E-state index in [1.165, 1.54) is 14.0 Å². The highest BCUT2D eigenvalue weighted by molar-refractivity contribution is 6.00. The van der Waals surface area contributed by atoms with Crippen LogP contribution in [0.1, 0.15) is 86.6 Å². The number of carbonyl (C=O) groups excluding carboxylic acids is 5. The third kappa shape index (κ3) is 8.99. The minimum Gasteiger partial charge on any atom is -0.457 e. The van der Waals surface area contributed by atoms with Crippen molar-refractivity contribution in [2.24, 2.45) is 23.7 Å². The van der Waals surface area contributed by atoms with Crippen LogP contribution < -0.4 is 5.43 Å². The number of aryl methyl sites for hydroxylation is 1. The van der Waals surface area contributed by atoms with Gasteiger partial charge < -0.3 is 33.7 Å². The first-order valence-corrected chi connectivity index (χ1v) is 19.1. The van der Waals surface area contributed by atoms with Crippen LogP contribution in [0.4, 0.5) is 4.79 Å². The Balaban J connectivity index is 1.74. The molecule has 3 fully saturated rings. The summed E-state index contributed by atoms with van der Waals surface area (Å²) in [7, 11) is 5.16. The van der Waals surface area contributed by atoms with Crippen LogP contribution in [0.3, 0.4) is 0 Å². The molecule has 1 aromatic rings. The lowest BCUT2D eigenvalue weighted by Crippen LogP contribution is -2.61. The summed E-state index contributed by atoms with van der Waals surface area (Å²) in [6.07, 6.45) is -4.32. The maximum atomic E-state index is 14.6. The zero-order valence-electron chi connectivity index (χ0n) is 33.7. The van der Waals surface area contributed by atoms with Crippen LogP contribution in [0, 0.1) is 23.7 Å². The first-order chi connectivity index (χ1) is 25.3. The number of nitrogens with one attached hydrogen (secondary N) is 1. The normalized spacial score (nSPS) is 38.4. The molecule has 0 aromatic heterocycles. The largest absolute Gasteiger partial charge is 0.457 e. The number of aliphatic hydroxyl groups excluding tert-OH is 1. The quantitative estimate of drug-likeness (QED) is 0.276. The van der Waals surface area contributed by atoms with Crippen LogP contribution in [-0.2, 0) is 49.3 Å². The Labute approximate surface area is 319 Å². The van der Waals surface area contributed by atoms with Crippen molar-refractivity contribution >= 4 is 29.5 Å². The first kappa shape index (κ1) is 43.3. The van der Waals surface area contributed by atoms with Gasteiger partial charge in [-0.2, -0.15) is 0 Å². The summed E-state index contributed by atoms with van der Waals surface area (Å²) < 4.78 is 30.8. The van der Waals surface area contributed by atoms with Crippen molar-refractivity contribution in [1.82, 2.24) is 15.3 Å². The van der Waals surface area contributed by atoms with E-state index < -0.39 is 89.3 Å². The van der Waals surface area contributed by atoms with E-state index in [0.717, 1.165) is 10.6 Å². The predicted octanol–water partition coefficient (Wildman–Crippen LogP) is 3.85. The number of benzene rings is 1. The first-order valence-electron chi connectivity index (χ1n) is 19.1. The van der Waals surface area contributed by atoms with Gasteiger partial charge in [-0.25, -0.2) is 9.80 Å². The lowest BCUT2D eigenvalue weighted by Gasteiger charge is -2.47. The fourth-order valence-corrected chi connectivity index (χ4v) is 8.58. The summed E-state index contributed by atoms with van der Waals surface area (Å²) in [6, 6.07) is 8.03. The van der Waals surface area contributed by atoms with Gasteiger partial charge in [-0.1, -0.05) is 58.0 Å². The number of fused-ring (bicyclic) bond motifs is 1. The molecule has 2 amide bonds. The van der Waals surface area contributed by atoms with Crippen LogP contribution in [0.15, 0.2) is 30.3 Å². The molecule has 14 heteroatoms. The SMILES string of the molecule is CC[C@H]1OC(=O)[C@H](C)C(=O)[C@H](C)[C@@H](O[C@@H]2O[C@H](C)C[C@H](N(C)C)[C@H]2O)[C@](C)(OC)C[C@@H](C)C(=O)[C@H](C)[C@H]2N(NC(=O)CCc3ccccc3)C(=O)O[C@]12C. The fourth-order valence-electron chi connectivity index (χ4n) is 8.58. The molecule has 0 saturated carbocycles. The van der Waals surface area contributed by atoms with Crippen molar-refractivity contribution in [3.63, 3.8) is 0 Å². The molecule has 4 rings (SSSR count). The lowest BCUT2D eigenvalue weighted by atomic mass is 9.73. The number of carbonyl (C=O) groups is 5. The number of amides is 2. The van der Waals surface area contributed by atoms with Crippen LogP contribution in [-0.4, -0.2) is 120 Å². The maximum Gasteiger partial charge on any atom is 0.429 e. The number of nitrogens with zero attached hydrogens (tertiary/aromatic N) is 2. The summed E-state index contributed by atoms with van der Waals surface area (Å²) >= 11 is 0. The minimum atomic E-state index is -1.59. The third-order valence-corrected chi connectivity index (χ3v) is 11.8. The number of esters is 1. The van der Waals surface area contributed by atoms with Gasteiger partial charge in [0.25, 0.3) is 0 Å². The zero-order valence-corrected chi connectivity index (χ0v) is 33.7. The number of methoxy groups -OCH3 is 1. The van der Waals surface area contributed by atoms with E-state index in [2.05, 4.69) is 5.43 Å². The van der Waals surface area contributed by atoms with E-state index in [9.17, 15) is 29.1 Å². The number of likely N-dealkylation sites (N-methyl/N-ethyl adjacent to an activating group) is 1. The Morgan fingerprint density at radius 1 is 1.02 bits per heavy atom. The van der Waals surface area contributed by atoms with Crippen molar-refractivity contribution in [2.45, 2.75) is 141 Å². The summed E-state index contributed by atoms with van der Waals surface area (Å²) in [5, 5.41) is 12.4. The molecule has 3 aliphatic rings. The molecule has 54 heavy (non-hydrogen) atoms. The Kier molecular flexibility index (Phi) is 14.1. The summed E-state index contributed by atoms with van der Waals surface area (Å²) in [4.78, 5) is 71.5. The molecule has 1 aromatic carbocycles. The monoisotopic (exact) mass is 759 g/mol. The molecule has 0 bridgehead atoms. The second-order valence-electron chi connectivity index (χ2n) is 16.1. The third-order valence-electron chi connectivity index (χ3n) is 11.8. The molecule has 302 valence electrons. The molecule has 3 aliphatic heterocycles. The minimum absolute atomic E-state index is 0.0566. The van der Waals surface area contributed by atoms with Crippen LogP contribution in [0.2, 0.25) is 0 Å². The topological polar surface area (TPSA) is 170 Å². The van der Waals surface area contributed by atoms with Gasteiger partial charge in [0.1, 0.15) is 30.0 Å². The van der Waals surface area contributed by atoms with Gasteiger partial charge in [0.15, 0.2) is 17.7 Å². The zero-order chi connectivity index (χ0) is 40.3. The molecule has 0 spiro atoms. The molecule has 0 unspecified atom stereocenters. The average molecular weight is 760 g/mol. The number of hydrogen-bond donors (Lipinski definition) is 2. The number of hydrazine groups is 1. The molecule has 3 heterocycles. The highest BCUT2D eigenvalue weighted by Gasteiger charge is 2.61. The highest BCUT2D eigenvalue weighted by Crippen LogP contribution is 2.42. The average Bonchev–Trinajstić information content (AvgIpc) is 3.39.